The second-order valence-electron chi connectivity index (χ2n) is 5.68. The lowest BCUT2D eigenvalue weighted by molar-refractivity contribution is 0.249. The highest BCUT2D eigenvalue weighted by Crippen LogP contribution is 2.26. The topological polar surface area (TPSA) is 15.7 Å². The highest BCUT2D eigenvalue weighted by molar-refractivity contribution is 6.33. The van der Waals surface area contributed by atoms with E-state index in [4.69, 9.17) is 16.3 Å². The molecule has 1 heterocycles. The number of ether oxygens (including phenoxy) is 1. The van der Waals surface area contributed by atoms with Crippen molar-refractivity contribution in [3.63, 3.8) is 0 Å². The first-order valence-corrected chi connectivity index (χ1v) is 8.09. The third-order valence-corrected chi connectivity index (χ3v) is 4.51. The Balaban J connectivity index is 1.59. The zero-order valence-electron chi connectivity index (χ0n) is 13.1. The summed E-state index contributed by atoms with van der Waals surface area (Å²) in [5.74, 6) is -0.0167. The molecule has 3 nitrogen and oxygen atoms in total. The molecule has 1 fully saturated rings. The van der Waals surface area contributed by atoms with E-state index in [0.717, 1.165) is 49.0 Å². The number of halogens is 2. The number of rotatable bonds is 4. The van der Waals surface area contributed by atoms with Gasteiger partial charge in [0.1, 0.15) is 0 Å². The molecule has 3 rings (SSSR count). The minimum Gasteiger partial charge on any atom is -0.494 e. The lowest BCUT2D eigenvalue weighted by Crippen LogP contribution is -2.46. The molecule has 0 amide bonds. The van der Waals surface area contributed by atoms with Gasteiger partial charge in [0, 0.05) is 32.7 Å². The van der Waals surface area contributed by atoms with E-state index in [2.05, 4.69) is 15.9 Å². The molecule has 0 saturated carbocycles. The van der Waals surface area contributed by atoms with Crippen molar-refractivity contribution in [1.82, 2.24) is 4.90 Å². The number of hydrogen-bond donors (Lipinski definition) is 0. The van der Waals surface area contributed by atoms with Gasteiger partial charge in [-0.2, -0.15) is 0 Å². The van der Waals surface area contributed by atoms with Crippen LogP contribution in [0.15, 0.2) is 42.5 Å². The molecule has 0 unspecified atom stereocenters. The summed E-state index contributed by atoms with van der Waals surface area (Å²) in [6.45, 7) is 4.44. The van der Waals surface area contributed by atoms with Crippen LogP contribution in [0.2, 0.25) is 5.02 Å². The van der Waals surface area contributed by atoms with Crippen molar-refractivity contribution in [2.75, 3.05) is 38.2 Å². The van der Waals surface area contributed by atoms with Crippen molar-refractivity contribution in [3.8, 4) is 5.75 Å². The van der Waals surface area contributed by atoms with E-state index >= 15 is 0 Å². The SMILES string of the molecule is COc1ccc(CN2CCN(c3ccccc3Cl)CC2)cc1F. The smallest absolute Gasteiger partial charge is 0.165 e. The summed E-state index contributed by atoms with van der Waals surface area (Å²) in [7, 11) is 1.48. The van der Waals surface area contributed by atoms with Crippen molar-refractivity contribution in [2.45, 2.75) is 6.54 Å². The molecular weight excluding hydrogens is 315 g/mol. The summed E-state index contributed by atoms with van der Waals surface area (Å²) in [5, 5.41) is 0.790. The molecule has 23 heavy (non-hydrogen) atoms. The molecule has 5 heteroatoms. The van der Waals surface area contributed by atoms with Crippen molar-refractivity contribution >= 4 is 17.3 Å². The summed E-state index contributed by atoms with van der Waals surface area (Å²) in [4.78, 5) is 4.63. The van der Waals surface area contributed by atoms with Crippen LogP contribution in [0.4, 0.5) is 10.1 Å². The quantitative estimate of drug-likeness (QED) is 0.845. The molecular formula is C18H20ClFN2O. The maximum absolute atomic E-state index is 13.8. The molecule has 1 aliphatic rings. The van der Waals surface area contributed by atoms with Gasteiger partial charge in [-0.05, 0) is 29.8 Å². The van der Waals surface area contributed by atoms with Crippen LogP contribution in [0.25, 0.3) is 0 Å². The summed E-state index contributed by atoms with van der Waals surface area (Å²) in [6, 6.07) is 13.1. The van der Waals surface area contributed by atoms with Gasteiger partial charge in [-0.3, -0.25) is 4.90 Å². The van der Waals surface area contributed by atoms with E-state index in [0.29, 0.717) is 0 Å². The Morgan fingerprint density at radius 3 is 2.48 bits per heavy atom. The Hall–Kier alpha value is -1.78. The molecule has 2 aromatic carbocycles. The van der Waals surface area contributed by atoms with Gasteiger partial charge in [0.2, 0.25) is 0 Å². The van der Waals surface area contributed by atoms with E-state index in [9.17, 15) is 4.39 Å². The molecule has 2 aromatic rings. The lowest BCUT2D eigenvalue weighted by atomic mass is 10.1. The number of hydrogen-bond acceptors (Lipinski definition) is 3. The highest BCUT2D eigenvalue weighted by atomic mass is 35.5. The van der Waals surface area contributed by atoms with Crippen LogP contribution in [0, 0.1) is 5.82 Å². The standard InChI is InChI=1S/C18H20ClFN2O/c1-23-18-7-6-14(12-16(18)20)13-21-8-10-22(11-9-21)17-5-3-2-4-15(17)19/h2-7,12H,8-11,13H2,1H3. The fourth-order valence-corrected chi connectivity index (χ4v) is 3.18. The zero-order chi connectivity index (χ0) is 16.2. The number of anilines is 1. The summed E-state index contributed by atoms with van der Waals surface area (Å²) < 4.78 is 18.7. The molecule has 122 valence electrons. The average molecular weight is 335 g/mol. The van der Waals surface area contributed by atoms with Crippen molar-refractivity contribution in [2.24, 2.45) is 0 Å². The fraction of sp³-hybridized carbons (Fsp3) is 0.333. The summed E-state index contributed by atoms with van der Waals surface area (Å²) in [6.07, 6.45) is 0. The lowest BCUT2D eigenvalue weighted by Gasteiger charge is -2.36. The van der Waals surface area contributed by atoms with Crippen molar-refractivity contribution < 1.29 is 9.13 Å². The molecule has 1 aliphatic heterocycles. The third-order valence-electron chi connectivity index (χ3n) is 4.19. The number of methoxy groups -OCH3 is 1. The average Bonchev–Trinajstić information content (AvgIpc) is 2.56. The molecule has 0 atom stereocenters. The van der Waals surface area contributed by atoms with E-state index in [1.165, 1.54) is 7.11 Å². The Labute approximate surface area is 141 Å². The van der Waals surface area contributed by atoms with Crippen LogP contribution in [-0.2, 0) is 6.54 Å². The predicted octanol–water partition coefficient (Wildman–Crippen LogP) is 3.81. The maximum atomic E-state index is 13.8. The first kappa shape index (κ1) is 16.1. The highest BCUT2D eigenvalue weighted by Gasteiger charge is 2.19. The van der Waals surface area contributed by atoms with Gasteiger partial charge in [0.15, 0.2) is 11.6 Å². The maximum Gasteiger partial charge on any atom is 0.165 e. The Bertz CT molecular complexity index is 672. The van der Waals surface area contributed by atoms with E-state index in [1.807, 2.05) is 24.3 Å². The predicted molar refractivity (Wildman–Crippen MR) is 91.9 cm³/mol. The number of piperazine rings is 1. The van der Waals surface area contributed by atoms with Gasteiger partial charge in [0.25, 0.3) is 0 Å². The van der Waals surface area contributed by atoms with Crippen LogP contribution >= 0.6 is 11.6 Å². The molecule has 0 N–H and O–H groups in total. The third kappa shape index (κ3) is 3.77. The van der Waals surface area contributed by atoms with Crippen LogP contribution < -0.4 is 9.64 Å². The Morgan fingerprint density at radius 2 is 1.83 bits per heavy atom. The normalized spacial score (nSPS) is 15.7. The second kappa shape index (κ2) is 7.20. The molecule has 1 saturated heterocycles. The van der Waals surface area contributed by atoms with Crippen LogP contribution in [0.3, 0.4) is 0 Å². The fourth-order valence-electron chi connectivity index (χ4n) is 2.92. The van der Waals surface area contributed by atoms with Gasteiger partial charge in [0.05, 0.1) is 17.8 Å². The van der Waals surface area contributed by atoms with E-state index in [1.54, 1.807) is 12.1 Å². The Kier molecular flexibility index (Phi) is 5.03. The molecule has 0 spiro atoms. The van der Waals surface area contributed by atoms with Gasteiger partial charge in [-0.1, -0.05) is 29.8 Å². The monoisotopic (exact) mass is 334 g/mol. The second-order valence-corrected chi connectivity index (χ2v) is 6.09. The van der Waals surface area contributed by atoms with E-state index < -0.39 is 0 Å². The van der Waals surface area contributed by atoms with Crippen LogP contribution in [-0.4, -0.2) is 38.2 Å². The van der Waals surface area contributed by atoms with E-state index in [-0.39, 0.29) is 11.6 Å². The minimum absolute atomic E-state index is 0.289. The summed E-state index contributed by atoms with van der Waals surface area (Å²) in [5.41, 5.74) is 2.05. The molecule has 0 aromatic heterocycles. The molecule has 0 bridgehead atoms. The Morgan fingerprint density at radius 1 is 1.09 bits per heavy atom. The van der Waals surface area contributed by atoms with Gasteiger partial charge >= 0.3 is 0 Å². The number of para-hydroxylation sites is 1. The van der Waals surface area contributed by atoms with Gasteiger partial charge in [-0.25, -0.2) is 4.39 Å². The molecule has 0 aliphatic carbocycles. The first-order valence-electron chi connectivity index (χ1n) is 7.71. The minimum atomic E-state index is -0.306. The van der Waals surface area contributed by atoms with Crippen molar-refractivity contribution in [3.05, 3.63) is 58.9 Å². The van der Waals surface area contributed by atoms with Gasteiger partial charge in [-0.15, -0.1) is 0 Å². The van der Waals surface area contributed by atoms with Gasteiger partial charge < -0.3 is 9.64 Å². The van der Waals surface area contributed by atoms with Crippen LogP contribution in [0.5, 0.6) is 5.75 Å². The number of nitrogens with zero attached hydrogens (tertiary/aromatic N) is 2. The first-order chi connectivity index (χ1) is 11.2. The molecule has 0 radical (unpaired) electrons. The largest absolute Gasteiger partial charge is 0.494 e. The van der Waals surface area contributed by atoms with Crippen LogP contribution in [0.1, 0.15) is 5.56 Å². The van der Waals surface area contributed by atoms with Crippen molar-refractivity contribution in [1.29, 1.82) is 0 Å². The zero-order valence-corrected chi connectivity index (χ0v) is 13.9. The number of benzene rings is 2. The summed E-state index contributed by atoms with van der Waals surface area (Å²) >= 11 is 6.26.